The second-order valence-electron chi connectivity index (χ2n) is 7.22. The Bertz CT molecular complexity index is 1340. The van der Waals surface area contributed by atoms with Crippen molar-refractivity contribution in [3.05, 3.63) is 71.6 Å². The van der Waals surface area contributed by atoms with Crippen LogP contribution in [0.2, 0.25) is 0 Å². The fourth-order valence-electron chi connectivity index (χ4n) is 2.93. The second-order valence-corrected chi connectivity index (χ2v) is 7.22. The lowest BCUT2D eigenvalue weighted by molar-refractivity contribution is -0.141. The number of carbonyl (C=O) groups is 1. The molecule has 4 heterocycles. The van der Waals surface area contributed by atoms with E-state index in [4.69, 9.17) is 14.6 Å². The third kappa shape index (κ3) is 6.44. The molecule has 0 aliphatic carbocycles. The fraction of sp³-hybridized carbons (Fsp3) is 0.227. The minimum absolute atomic E-state index is 0.0925. The van der Waals surface area contributed by atoms with Crippen molar-refractivity contribution in [1.82, 2.24) is 29.5 Å². The molecule has 16 heteroatoms. The molecule has 0 bridgehead atoms. The van der Waals surface area contributed by atoms with E-state index in [-0.39, 0.29) is 23.9 Å². The Balaban J connectivity index is 0.000000211. The number of aldehydes is 1. The highest BCUT2D eigenvalue weighted by atomic mass is 19.4. The standard InChI is InChI=1S/C11H10F3N3O2.C11H8F3N3O2/c2*1-19-10-7(6-18)5-17(16-10)8-2-3-9(15-4-8)11(12,13)14/h2-5,18H,6H2,1H3;2-6H,1H3. The molecule has 0 aliphatic heterocycles. The van der Waals surface area contributed by atoms with Gasteiger partial charge >= 0.3 is 12.4 Å². The zero-order valence-corrected chi connectivity index (χ0v) is 19.5. The van der Waals surface area contributed by atoms with Crippen molar-refractivity contribution in [2.45, 2.75) is 19.0 Å². The first-order chi connectivity index (χ1) is 17.9. The van der Waals surface area contributed by atoms with Gasteiger partial charge in [0.25, 0.3) is 0 Å². The number of hydrogen-bond donors (Lipinski definition) is 1. The number of halogens is 6. The molecular weight excluding hydrogens is 526 g/mol. The first-order valence-corrected chi connectivity index (χ1v) is 10.3. The van der Waals surface area contributed by atoms with Crippen molar-refractivity contribution < 1.29 is 45.7 Å². The summed E-state index contributed by atoms with van der Waals surface area (Å²) in [5.41, 5.74) is -0.709. The Morgan fingerprint density at radius 3 is 1.61 bits per heavy atom. The van der Waals surface area contributed by atoms with E-state index in [1.807, 2.05) is 0 Å². The molecule has 38 heavy (non-hydrogen) atoms. The molecule has 0 saturated carbocycles. The Hall–Kier alpha value is -4.47. The molecule has 10 nitrogen and oxygen atoms in total. The van der Waals surface area contributed by atoms with E-state index < -0.39 is 23.7 Å². The van der Waals surface area contributed by atoms with E-state index in [9.17, 15) is 31.1 Å². The maximum atomic E-state index is 12.4. The normalized spacial score (nSPS) is 11.5. The summed E-state index contributed by atoms with van der Waals surface area (Å²) in [5.74, 6) is 0.303. The predicted octanol–water partition coefficient (Wildman–Crippen LogP) is 3.89. The summed E-state index contributed by atoms with van der Waals surface area (Å²) in [4.78, 5) is 17.3. The van der Waals surface area contributed by atoms with Crippen LogP contribution in [0.25, 0.3) is 11.4 Å². The first-order valence-electron chi connectivity index (χ1n) is 10.3. The molecule has 0 unspecified atom stereocenters. The first kappa shape index (κ1) is 28.1. The molecule has 0 aromatic carbocycles. The lowest BCUT2D eigenvalue weighted by atomic mass is 10.3. The lowest BCUT2D eigenvalue weighted by Crippen LogP contribution is -2.08. The number of alkyl halides is 6. The summed E-state index contributed by atoms with van der Waals surface area (Å²) in [5, 5.41) is 16.9. The third-order valence-electron chi connectivity index (χ3n) is 4.75. The number of nitrogens with zero attached hydrogens (tertiary/aromatic N) is 6. The van der Waals surface area contributed by atoms with Crippen molar-refractivity contribution in [2.75, 3.05) is 14.2 Å². The molecule has 0 aliphatic rings. The number of aliphatic hydroxyl groups is 1. The SMILES string of the molecule is COc1nn(-c2ccc(C(F)(F)F)nc2)cc1C=O.COc1nn(-c2ccc(C(F)(F)F)nc2)cc1CO. The number of aliphatic hydroxyl groups excluding tert-OH is 1. The van der Waals surface area contributed by atoms with Gasteiger partial charge in [-0.3, -0.25) is 4.79 Å². The highest BCUT2D eigenvalue weighted by Crippen LogP contribution is 2.29. The van der Waals surface area contributed by atoms with Crippen LogP contribution in [-0.4, -0.2) is 55.1 Å². The summed E-state index contributed by atoms with van der Waals surface area (Å²) in [7, 11) is 2.72. The molecule has 4 aromatic heterocycles. The molecule has 0 atom stereocenters. The number of aromatic nitrogens is 6. The van der Waals surface area contributed by atoms with Crippen LogP contribution in [0.15, 0.2) is 49.1 Å². The maximum Gasteiger partial charge on any atom is 0.433 e. The van der Waals surface area contributed by atoms with Crippen LogP contribution in [0.4, 0.5) is 26.3 Å². The zero-order valence-electron chi connectivity index (χ0n) is 19.5. The zero-order chi connectivity index (χ0) is 28.1. The Morgan fingerprint density at radius 2 is 1.29 bits per heavy atom. The van der Waals surface area contributed by atoms with Gasteiger partial charge in [-0.1, -0.05) is 0 Å². The van der Waals surface area contributed by atoms with Crippen LogP contribution >= 0.6 is 0 Å². The van der Waals surface area contributed by atoms with E-state index in [2.05, 4.69) is 20.2 Å². The predicted molar refractivity (Wildman–Crippen MR) is 117 cm³/mol. The van der Waals surface area contributed by atoms with E-state index in [1.54, 1.807) is 0 Å². The Morgan fingerprint density at radius 1 is 0.816 bits per heavy atom. The van der Waals surface area contributed by atoms with Crippen LogP contribution in [0, 0.1) is 0 Å². The summed E-state index contributed by atoms with van der Waals surface area (Å²) < 4.78 is 86.4. The van der Waals surface area contributed by atoms with Gasteiger partial charge < -0.3 is 14.6 Å². The van der Waals surface area contributed by atoms with Gasteiger partial charge in [0, 0.05) is 12.4 Å². The molecule has 0 fully saturated rings. The number of rotatable bonds is 6. The van der Waals surface area contributed by atoms with Crippen molar-refractivity contribution in [2.24, 2.45) is 0 Å². The average Bonchev–Trinajstić information content (AvgIpc) is 3.52. The molecule has 0 amide bonds. The van der Waals surface area contributed by atoms with Crippen molar-refractivity contribution >= 4 is 6.29 Å². The fourth-order valence-corrected chi connectivity index (χ4v) is 2.93. The molecular formula is C22H18F6N6O4. The molecule has 0 radical (unpaired) electrons. The Labute approximate surface area is 210 Å². The number of methoxy groups -OCH3 is 2. The highest BCUT2D eigenvalue weighted by molar-refractivity contribution is 5.78. The van der Waals surface area contributed by atoms with Crippen LogP contribution in [-0.2, 0) is 19.0 Å². The van der Waals surface area contributed by atoms with Gasteiger partial charge in [-0.15, -0.1) is 10.2 Å². The van der Waals surface area contributed by atoms with Gasteiger partial charge in [-0.05, 0) is 24.3 Å². The summed E-state index contributed by atoms with van der Waals surface area (Å²) in [6, 6.07) is 4.15. The molecule has 4 rings (SSSR count). The van der Waals surface area contributed by atoms with Crippen molar-refractivity contribution in [3.63, 3.8) is 0 Å². The van der Waals surface area contributed by atoms with Gasteiger partial charge in [0.05, 0.1) is 55.7 Å². The number of pyridine rings is 2. The van der Waals surface area contributed by atoms with Crippen molar-refractivity contribution in [3.8, 4) is 23.1 Å². The third-order valence-corrected chi connectivity index (χ3v) is 4.75. The van der Waals surface area contributed by atoms with E-state index >= 15 is 0 Å². The molecule has 202 valence electrons. The van der Waals surface area contributed by atoms with E-state index in [0.29, 0.717) is 23.2 Å². The monoisotopic (exact) mass is 544 g/mol. The summed E-state index contributed by atoms with van der Waals surface area (Å²) in [6.45, 7) is -0.281. The van der Waals surface area contributed by atoms with E-state index in [1.165, 1.54) is 48.1 Å². The van der Waals surface area contributed by atoms with Crippen LogP contribution in [0.5, 0.6) is 11.8 Å². The van der Waals surface area contributed by atoms with Crippen LogP contribution in [0.1, 0.15) is 27.3 Å². The van der Waals surface area contributed by atoms with Gasteiger partial charge in [0.2, 0.25) is 11.8 Å². The highest BCUT2D eigenvalue weighted by Gasteiger charge is 2.33. The number of ether oxygens (including phenoxy) is 2. The second kappa shape index (κ2) is 11.3. The largest absolute Gasteiger partial charge is 0.480 e. The minimum Gasteiger partial charge on any atom is -0.480 e. The molecule has 1 N–H and O–H groups in total. The average molecular weight is 544 g/mol. The van der Waals surface area contributed by atoms with Crippen LogP contribution < -0.4 is 9.47 Å². The van der Waals surface area contributed by atoms with Gasteiger partial charge in [-0.25, -0.2) is 19.3 Å². The molecule has 0 spiro atoms. The minimum atomic E-state index is -4.49. The number of carbonyl (C=O) groups excluding carboxylic acids is 1. The quantitative estimate of drug-likeness (QED) is 0.287. The van der Waals surface area contributed by atoms with Gasteiger partial charge in [-0.2, -0.15) is 26.3 Å². The van der Waals surface area contributed by atoms with Gasteiger partial charge in [0.1, 0.15) is 11.4 Å². The molecule has 4 aromatic rings. The van der Waals surface area contributed by atoms with Gasteiger partial charge in [0.15, 0.2) is 6.29 Å². The summed E-state index contributed by atoms with van der Waals surface area (Å²) >= 11 is 0. The summed E-state index contributed by atoms with van der Waals surface area (Å²) in [6.07, 6.45) is -3.55. The number of hydrogen-bond acceptors (Lipinski definition) is 8. The maximum absolute atomic E-state index is 12.4. The smallest absolute Gasteiger partial charge is 0.433 e. The van der Waals surface area contributed by atoms with E-state index in [0.717, 1.165) is 24.5 Å². The Kier molecular flexibility index (Phi) is 8.35. The molecule has 0 saturated heterocycles. The van der Waals surface area contributed by atoms with Crippen molar-refractivity contribution in [1.29, 1.82) is 0 Å². The van der Waals surface area contributed by atoms with Crippen LogP contribution in [0.3, 0.4) is 0 Å². The topological polar surface area (TPSA) is 117 Å². The lowest BCUT2D eigenvalue weighted by Gasteiger charge is -2.06.